The maximum atomic E-state index is 11.3. The van der Waals surface area contributed by atoms with Crippen LogP contribution in [0.15, 0.2) is 60.7 Å². The van der Waals surface area contributed by atoms with Crippen LogP contribution in [0.1, 0.15) is 51.5 Å². The third kappa shape index (κ3) is 3.86. The van der Waals surface area contributed by atoms with Crippen LogP contribution in [0.5, 0.6) is 46.0 Å². The highest BCUT2D eigenvalue weighted by Crippen LogP contribution is 2.56. The lowest BCUT2D eigenvalue weighted by Crippen LogP contribution is -2.41. The third-order valence-corrected chi connectivity index (χ3v) is 8.15. The minimum absolute atomic E-state index is 0.0302. The highest BCUT2D eigenvalue weighted by atomic mass is 16.5. The van der Waals surface area contributed by atoms with Gasteiger partial charge in [-0.2, -0.15) is 0 Å². The highest BCUT2D eigenvalue weighted by molar-refractivity contribution is 5.61. The lowest BCUT2D eigenvalue weighted by atomic mass is 9.76. The number of phenols is 6. The van der Waals surface area contributed by atoms with Gasteiger partial charge in [-0.1, -0.05) is 24.3 Å². The number of aliphatic hydroxyl groups is 1. The molecule has 0 saturated heterocycles. The van der Waals surface area contributed by atoms with E-state index >= 15 is 0 Å². The number of ether oxygens (including phenoxy) is 3. The fourth-order valence-corrected chi connectivity index (χ4v) is 6.20. The molecule has 0 bridgehead atoms. The Labute approximate surface area is 233 Å². The molecule has 7 rings (SSSR count). The number of hydrogen-bond acceptors (Lipinski definition) is 10. The van der Waals surface area contributed by atoms with Crippen LogP contribution in [0.25, 0.3) is 0 Å². The molecule has 0 radical (unpaired) electrons. The molecule has 0 aromatic heterocycles. The van der Waals surface area contributed by atoms with Crippen molar-refractivity contribution in [3.05, 3.63) is 94.0 Å². The second-order valence-electron chi connectivity index (χ2n) is 10.6. The van der Waals surface area contributed by atoms with E-state index in [-0.39, 0.29) is 47.5 Å². The van der Waals surface area contributed by atoms with Crippen molar-refractivity contribution in [2.45, 2.75) is 43.4 Å². The number of aromatic hydroxyl groups is 6. The molecule has 10 nitrogen and oxygen atoms in total. The normalized spacial score (nSPS) is 24.2. The summed E-state index contributed by atoms with van der Waals surface area (Å²) < 4.78 is 19.0. The lowest BCUT2D eigenvalue weighted by molar-refractivity contribution is -0.0728. The van der Waals surface area contributed by atoms with Crippen molar-refractivity contribution < 1.29 is 50.0 Å². The number of fused-ring (bicyclic) bond motifs is 5. The van der Waals surface area contributed by atoms with Gasteiger partial charge >= 0.3 is 0 Å². The maximum Gasteiger partial charge on any atom is 0.163 e. The second kappa shape index (κ2) is 9.12. The zero-order valence-corrected chi connectivity index (χ0v) is 21.4. The molecule has 3 aliphatic rings. The van der Waals surface area contributed by atoms with Gasteiger partial charge in [0, 0.05) is 34.7 Å². The summed E-state index contributed by atoms with van der Waals surface area (Å²) in [5, 5.41) is 73.0. The van der Waals surface area contributed by atoms with Crippen molar-refractivity contribution in [2.24, 2.45) is 0 Å². The van der Waals surface area contributed by atoms with E-state index in [9.17, 15) is 35.7 Å². The predicted molar refractivity (Wildman–Crippen MR) is 143 cm³/mol. The molecule has 10 heteroatoms. The van der Waals surface area contributed by atoms with Crippen molar-refractivity contribution in [1.82, 2.24) is 0 Å². The maximum absolute atomic E-state index is 11.3. The van der Waals surface area contributed by atoms with Crippen molar-refractivity contribution in [3.8, 4) is 46.0 Å². The first kappa shape index (κ1) is 25.2. The van der Waals surface area contributed by atoms with Crippen LogP contribution in [0.2, 0.25) is 0 Å². The first-order valence-corrected chi connectivity index (χ1v) is 13.1. The molecule has 3 aliphatic heterocycles. The van der Waals surface area contributed by atoms with E-state index < -0.39 is 30.3 Å². The molecule has 3 heterocycles. The average Bonchev–Trinajstić information content (AvgIpc) is 2.95. The van der Waals surface area contributed by atoms with Crippen LogP contribution in [0.3, 0.4) is 0 Å². The number of phenolic OH excluding ortho intramolecular Hbond substituents is 6. The summed E-state index contributed by atoms with van der Waals surface area (Å²) in [6.07, 6.45) is -3.21. The van der Waals surface area contributed by atoms with Gasteiger partial charge in [-0.15, -0.1) is 0 Å². The summed E-state index contributed by atoms with van der Waals surface area (Å²) in [5.74, 6) is -1.37. The SMILES string of the molecule is Oc1ccc2c(c1)O[C@@H]1c3ccc(O)c(O)c3CO[C@@H]1[C@@H]2c1c(O)ccc2c1O[C@H](c1ccc(O)c(O)c1)[C@H](O)C2. The van der Waals surface area contributed by atoms with E-state index in [1.54, 1.807) is 24.3 Å². The van der Waals surface area contributed by atoms with Crippen molar-refractivity contribution >= 4 is 0 Å². The Kier molecular flexibility index (Phi) is 5.60. The van der Waals surface area contributed by atoms with Gasteiger partial charge in [0.05, 0.1) is 18.6 Å². The number of benzene rings is 4. The van der Waals surface area contributed by atoms with Crippen molar-refractivity contribution in [2.75, 3.05) is 0 Å². The van der Waals surface area contributed by atoms with E-state index in [4.69, 9.17) is 14.2 Å². The van der Waals surface area contributed by atoms with Gasteiger partial charge in [-0.05, 0) is 41.5 Å². The third-order valence-electron chi connectivity index (χ3n) is 8.15. The molecule has 0 saturated carbocycles. The van der Waals surface area contributed by atoms with E-state index in [0.717, 1.165) is 0 Å². The summed E-state index contributed by atoms with van der Waals surface area (Å²) in [6, 6.07) is 15.1. The Morgan fingerprint density at radius 3 is 2.24 bits per heavy atom. The van der Waals surface area contributed by atoms with Crippen molar-refractivity contribution in [1.29, 1.82) is 0 Å². The molecular formula is C31H26O10. The molecule has 5 atom stereocenters. The topological polar surface area (TPSA) is 169 Å². The Hall–Kier alpha value is -4.80. The number of rotatable bonds is 2. The van der Waals surface area contributed by atoms with Crippen LogP contribution < -0.4 is 9.47 Å². The van der Waals surface area contributed by atoms with E-state index in [1.807, 2.05) is 0 Å². The standard InChI is InChI=1S/C31H26O10/c32-15-3-4-17-24(11-15)40-30-16-5-8-21(35)27(38)18(16)12-39-31(30)25(17)26-20(34)7-2-14-10-23(37)28(41-29(14)26)13-1-6-19(33)22(36)9-13/h1-9,11,23,25,28,30-38H,10,12H2/t23-,25+,28-,30-,31-/m1/s1. The van der Waals surface area contributed by atoms with Crippen LogP contribution in [0.4, 0.5) is 0 Å². The van der Waals surface area contributed by atoms with Gasteiger partial charge in [0.2, 0.25) is 0 Å². The summed E-state index contributed by atoms with van der Waals surface area (Å²) in [6.45, 7) is -0.0330. The fraction of sp³-hybridized carbons (Fsp3) is 0.226. The number of aliphatic hydroxyl groups excluding tert-OH is 1. The first-order chi connectivity index (χ1) is 19.7. The summed E-state index contributed by atoms with van der Waals surface area (Å²) in [4.78, 5) is 0. The Morgan fingerprint density at radius 2 is 1.44 bits per heavy atom. The Bertz CT molecular complexity index is 1700. The molecule has 210 valence electrons. The quantitative estimate of drug-likeness (QED) is 0.178. The molecule has 41 heavy (non-hydrogen) atoms. The van der Waals surface area contributed by atoms with Crippen LogP contribution in [0, 0.1) is 0 Å². The molecule has 7 N–H and O–H groups in total. The van der Waals surface area contributed by atoms with Crippen molar-refractivity contribution in [3.63, 3.8) is 0 Å². The van der Waals surface area contributed by atoms with Crippen LogP contribution >= 0.6 is 0 Å². The van der Waals surface area contributed by atoms with Gasteiger partial charge in [-0.25, -0.2) is 0 Å². The minimum Gasteiger partial charge on any atom is -0.508 e. The molecule has 4 aromatic rings. The zero-order chi connectivity index (χ0) is 28.6. The Morgan fingerprint density at radius 1 is 0.683 bits per heavy atom. The van der Waals surface area contributed by atoms with Gasteiger partial charge in [-0.3, -0.25) is 0 Å². The highest BCUT2D eigenvalue weighted by Gasteiger charge is 2.48. The molecule has 0 spiro atoms. The van der Waals surface area contributed by atoms with E-state index in [0.29, 0.717) is 44.9 Å². The molecule has 0 unspecified atom stereocenters. The Balaban J connectivity index is 1.40. The van der Waals surface area contributed by atoms with Crippen LogP contribution in [-0.4, -0.2) is 48.0 Å². The summed E-state index contributed by atoms with van der Waals surface area (Å²) in [5.41, 5.74) is 3.05. The second-order valence-corrected chi connectivity index (χ2v) is 10.6. The summed E-state index contributed by atoms with van der Waals surface area (Å²) >= 11 is 0. The largest absolute Gasteiger partial charge is 0.508 e. The summed E-state index contributed by atoms with van der Waals surface area (Å²) in [7, 11) is 0. The predicted octanol–water partition coefficient (Wildman–Crippen LogP) is 4.12. The average molecular weight is 559 g/mol. The molecule has 0 amide bonds. The first-order valence-electron chi connectivity index (χ1n) is 13.1. The van der Waals surface area contributed by atoms with Gasteiger partial charge in [0.25, 0.3) is 0 Å². The smallest absolute Gasteiger partial charge is 0.163 e. The molecule has 4 aromatic carbocycles. The lowest BCUT2D eigenvalue weighted by Gasteiger charge is -2.44. The van der Waals surface area contributed by atoms with E-state index in [2.05, 4.69) is 0 Å². The van der Waals surface area contributed by atoms with E-state index in [1.165, 1.54) is 36.4 Å². The molecule has 0 fully saturated rings. The van der Waals surface area contributed by atoms with Gasteiger partial charge in [0.1, 0.15) is 35.2 Å². The molecule has 0 aliphatic carbocycles. The van der Waals surface area contributed by atoms with Gasteiger partial charge < -0.3 is 50.0 Å². The monoisotopic (exact) mass is 558 g/mol. The van der Waals surface area contributed by atoms with Gasteiger partial charge in [0.15, 0.2) is 29.1 Å². The van der Waals surface area contributed by atoms with Crippen LogP contribution in [-0.2, 0) is 17.8 Å². The zero-order valence-electron chi connectivity index (χ0n) is 21.4. The number of hydrogen-bond donors (Lipinski definition) is 7. The molecular weight excluding hydrogens is 532 g/mol. The minimum atomic E-state index is -0.982. The fourth-order valence-electron chi connectivity index (χ4n) is 6.20.